The molecule has 0 heterocycles. The molecule has 0 saturated heterocycles. The Bertz CT molecular complexity index is 823. The van der Waals surface area contributed by atoms with Gasteiger partial charge in [-0.15, -0.1) is 0 Å². The topological polar surface area (TPSA) is 71.0 Å². The number of phenolic OH excluding ortho intramolecular Hbond substituents is 1. The van der Waals surface area contributed by atoms with Gasteiger partial charge in [0.2, 0.25) is 0 Å². The fraction of sp³-hybridized carbons (Fsp3) is 0.0588. The second-order valence-electron chi connectivity index (χ2n) is 4.98. The number of aromatic hydroxyl groups is 1. The number of anilines is 1. The fourth-order valence-corrected chi connectivity index (χ4v) is 2.20. The Hall–Kier alpha value is -2.88. The van der Waals surface area contributed by atoms with Gasteiger partial charge in [0, 0.05) is 11.1 Å². The van der Waals surface area contributed by atoms with Gasteiger partial charge in [-0.25, -0.2) is 0 Å². The molecule has 0 atom stereocenters. The van der Waals surface area contributed by atoms with E-state index >= 15 is 0 Å². The highest BCUT2D eigenvalue weighted by atomic mass is 16.3. The van der Waals surface area contributed by atoms with Crippen molar-refractivity contribution in [3.63, 3.8) is 0 Å². The summed E-state index contributed by atoms with van der Waals surface area (Å²) < 4.78 is 0. The van der Waals surface area contributed by atoms with Gasteiger partial charge in [-0.1, -0.05) is 6.07 Å². The number of hydrogen-bond donors (Lipinski definition) is 2. The van der Waals surface area contributed by atoms with Crippen LogP contribution in [0.5, 0.6) is 5.75 Å². The number of nitrogen functional groups attached to an aromatic ring is 1. The van der Waals surface area contributed by atoms with E-state index in [2.05, 4.69) is 10.2 Å². The van der Waals surface area contributed by atoms with Crippen molar-refractivity contribution in [2.24, 2.45) is 10.2 Å². The molecule has 4 heteroatoms. The number of phenols is 1. The van der Waals surface area contributed by atoms with Gasteiger partial charge in [0.05, 0.1) is 11.4 Å². The SMILES string of the molecule is Cc1cc(O)c2ccc(N=Nc3ccc(N)cc3)cc2c1. The molecule has 3 N–H and O–H groups in total. The lowest BCUT2D eigenvalue weighted by Gasteiger charge is -2.03. The molecule has 3 rings (SSSR count). The van der Waals surface area contributed by atoms with Crippen molar-refractivity contribution in [2.45, 2.75) is 6.92 Å². The Morgan fingerprint density at radius 3 is 2.29 bits per heavy atom. The number of azo groups is 1. The van der Waals surface area contributed by atoms with E-state index in [1.54, 1.807) is 18.2 Å². The lowest BCUT2D eigenvalue weighted by molar-refractivity contribution is 0.481. The molecular weight excluding hydrogens is 262 g/mol. The van der Waals surface area contributed by atoms with Gasteiger partial charge < -0.3 is 10.8 Å². The molecule has 0 aliphatic carbocycles. The normalized spacial score (nSPS) is 11.3. The van der Waals surface area contributed by atoms with Crippen LogP contribution < -0.4 is 5.73 Å². The summed E-state index contributed by atoms with van der Waals surface area (Å²) in [6.45, 7) is 1.95. The number of benzene rings is 3. The van der Waals surface area contributed by atoms with Crippen LogP contribution in [0.25, 0.3) is 10.8 Å². The van der Waals surface area contributed by atoms with Crippen LogP contribution in [0.2, 0.25) is 0 Å². The van der Waals surface area contributed by atoms with E-state index in [1.165, 1.54) is 0 Å². The zero-order valence-electron chi connectivity index (χ0n) is 11.6. The quantitative estimate of drug-likeness (QED) is 0.519. The van der Waals surface area contributed by atoms with Crippen molar-refractivity contribution in [1.29, 1.82) is 0 Å². The van der Waals surface area contributed by atoms with Gasteiger partial charge in [0.25, 0.3) is 0 Å². The first-order valence-electron chi connectivity index (χ1n) is 6.62. The molecule has 0 unspecified atom stereocenters. The van der Waals surface area contributed by atoms with E-state index in [-0.39, 0.29) is 5.75 Å². The summed E-state index contributed by atoms with van der Waals surface area (Å²) in [6.07, 6.45) is 0. The van der Waals surface area contributed by atoms with E-state index in [0.717, 1.165) is 27.7 Å². The van der Waals surface area contributed by atoms with Crippen LogP contribution in [0.1, 0.15) is 5.56 Å². The summed E-state index contributed by atoms with van der Waals surface area (Å²) in [5.74, 6) is 0.284. The third-order valence-corrected chi connectivity index (χ3v) is 3.23. The minimum atomic E-state index is 0.284. The molecule has 3 aromatic carbocycles. The molecule has 104 valence electrons. The molecule has 0 amide bonds. The molecular formula is C17H15N3O. The predicted molar refractivity (Wildman–Crippen MR) is 85.4 cm³/mol. The van der Waals surface area contributed by atoms with Crippen LogP contribution in [0, 0.1) is 6.92 Å². The number of rotatable bonds is 2. The summed E-state index contributed by atoms with van der Waals surface area (Å²) in [7, 11) is 0. The first kappa shape index (κ1) is 13.1. The standard InChI is InChI=1S/C17H15N3O/c1-11-8-12-10-15(6-7-16(12)17(21)9-11)20-19-14-4-2-13(18)3-5-14/h2-10,21H,18H2,1H3. The molecule has 3 aromatic rings. The zero-order chi connectivity index (χ0) is 14.8. The Kier molecular flexibility index (Phi) is 3.28. The summed E-state index contributed by atoms with van der Waals surface area (Å²) in [5, 5.41) is 20.1. The first-order chi connectivity index (χ1) is 10.1. The van der Waals surface area contributed by atoms with Crippen molar-refractivity contribution in [3.8, 4) is 5.75 Å². The second-order valence-corrected chi connectivity index (χ2v) is 4.98. The average molecular weight is 277 g/mol. The largest absolute Gasteiger partial charge is 0.507 e. The Labute approximate surface area is 122 Å². The van der Waals surface area contributed by atoms with E-state index in [4.69, 9.17) is 5.73 Å². The molecule has 0 aliphatic rings. The summed E-state index contributed by atoms with van der Waals surface area (Å²) >= 11 is 0. The van der Waals surface area contributed by atoms with Gasteiger partial charge in [0.1, 0.15) is 5.75 Å². The van der Waals surface area contributed by atoms with Crippen LogP contribution in [0.15, 0.2) is 64.8 Å². The zero-order valence-corrected chi connectivity index (χ0v) is 11.6. The molecule has 0 spiro atoms. The van der Waals surface area contributed by atoms with Crippen LogP contribution in [-0.4, -0.2) is 5.11 Å². The summed E-state index contributed by atoms with van der Waals surface area (Å²) in [5.41, 5.74) is 8.82. The van der Waals surface area contributed by atoms with Crippen molar-refractivity contribution in [3.05, 3.63) is 60.2 Å². The average Bonchev–Trinajstić information content (AvgIpc) is 2.46. The molecule has 4 nitrogen and oxygen atoms in total. The maximum absolute atomic E-state index is 9.91. The summed E-state index contributed by atoms with van der Waals surface area (Å²) in [6, 6.07) is 16.6. The molecule has 0 aliphatic heterocycles. The molecule has 21 heavy (non-hydrogen) atoms. The Balaban J connectivity index is 1.96. The van der Waals surface area contributed by atoms with Gasteiger partial charge in [-0.05, 0) is 66.4 Å². The van der Waals surface area contributed by atoms with E-state index < -0.39 is 0 Å². The van der Waals surface area contributed by atoms with Gasteiger partial charge >= 0.3 is 0 Å². The predicted octanol–water partition coefficient (Wildman–Crippen LogP) is 4.85. The number of nitrogens with zero attached hydrogens (tertiary/aromatic N) is 2. The lowest BCUT2D eigenvalue weighted by Crippen LogP contribution is -1.80. The van der Waals surface area contributed by atoms with Crippen LogP contribution in [0.3, 0.4) is 0 Å². The molecule has 0 aromatic heterocycles. The molecule has 0 radical (unpaired) electrons. The Morgan fingerprint density at radius 2 is 1.52 bits per heavy atom. The maximum Gasteiger partial charge on any atom is 0.123 e. The van der Waals surface area contributed by atoms with Crippen molar-refractivity contribution in [1.82, 2.24) is 0 Å². The smallest absolute Gasteiger partial charge is 0.123 e. The van der Waals surface area contributed by atoms with E-state index in [9.17, 15) is 5.11 Å². The first-order valence-corrected chi connectivity index (χ1v) is 6.62. The van der Waals surface area contributed by atoms with Gasteiger partial charge in [-0.3, -0.25) is 0 Å². The van der Waals surface area contributed by atoms with Crippen LogP contribution in [0.4, 0.5) is 17.1 Å². The van der Waals surface area contributed by atoms with E-state index in [0.29, 0.717) is 5.69 Å². The third kappa shape index (κ3) is 2.84. The number of hydrogen-bond acceptors (Lipinski definition) is 4. The minimum Gasteiger partial charge on any atom is -0.507 e. The maximum atomic E-state index is 9.91. The lowest BCUT2D eigenvalue weighted by atomic mass is 10.1. The van der Waals surface area contributed by atoms with Crippen LogP contribution in [-0.2, 0) is 0 Å². The molecule has 0 fully saturated rings. The monoisotopic (exact) mass is 277 g/mol. The highest BCUT2D eigenvalue weighted by Crippen LogP contribution is 2.30. The van der Waals surface area contributed by atoms with Gasteiger partial charge in [0.15, 0.2) is 0 Å². The number of aryl methyl sites for hydroxylation is 1. The highest BCUT2D eigenvalue weighted by molar-refractivity contribution is 5.90. The highest BCUT2D eigenvalue weighted by Gasteiger charge is 2.02. The van der Waals surface area contributed by atoms with Gasteiger partial charge in [-0.2, -0.15) is 10.2 Å². The third-order valence-electron chi connectivity index (χ3n) is 3.23. The fourth-order valence-electron chi connectivity index (χ4n) is 2.20. The summed E-state index contributed by atoms with van der Waals surface area (Å²) in [4.78, 5) is 0. The molecule has 0 saturated carbocycles. The van der Waals surface area contributed by atoms with Crippen molar-refractivity contribution < 1.29 is 5.11 Å². The molecule has 0 bridgehead atoms. The van der Waals surface area contributed by atoms with E-state index in [1.807, 2.05) is 43.3 Å². The number of fused-ring (bicyclic) bond motifs is 1. The van der Waals surface area contributed by atoms with Crippen LogP contribution >= 0.6 is 0 Å². The minimum absolute atomic E-state index is 0.284. The number of nitrogens with two attached hydrogens (primary N) is 1. The Morgan fingerprint density at radius 1 is 0.857 bits per heavy atom. The van der Waals surface area contributed by atoms with Crippen molar-refractivity contribution >= 4 is 27.8 Å². The van der Waals surface area contributed by atoms with Crippen molar-refractivity contribution in [2.75, 3.05) is 5.73 Å². The second kappa shape index (κ2) is 5.25.